The number of hydrogen-bond acceptors (Lipinski definition) is 3. The lowest BCUT2D eigenvalue weighted by Gasteiger charge is -2.09. The molecule has 0 aromatic heterocycles. The molecule has 0 amide bonds. The summed E-state index contributed by atoms with van der Waals surface area (Å²) in [6.07, 6.45) is 0. The van der Waals surface area contributed by atoms with Gasteiger partial charge in [0.25, 0.3) is 0 Å². The quantitative estimate of drug-likeness (QED) is 0.731. The van der Waals surface area contributed by atoms with Crippen LogP contribution in [0.4, 0.5) is 5.69 Å². The molecule has 2 aromatic carbocycles. The fourth-order valence-corrected chi connectivity index (χ4v) is 3.11. The summed E-state index contributed by atoms with van der Waals surface area (Å²) in [6, 6.07) is 12.3. The van der Waals surface area contributed by atoms with Gasteiger partial charge in [-0.25, -0.2) is 0 Å². The lowest BCUT2D eigenvalue weighted by molar-refractivity contribution is 0.173. The van der Waals surface area contributed by atoms with E-state index in [4.69, 9.17) is 9.47 Å². The molecule has 3 rings (SSSR count). The maximum absolute atomic E-state index is 5.41. The van der Waals surface area contributed by atoms with Crippen molar-refractivity contribution < 1.29 is 9.47 Å². The number of rotatable bonds is 3. The molecule has 0 bridgehead atoms. The van der Waals surface area contributed by atoms with Crippen molar-refractivity contribution in [2.75, 3.05) is 12.1 Å². The van der Waals surface area contributed by atoms with Crippen molar-refractivity contribution >= 4 is 44.2 Å². The minimum absolute atomic E-state index is 0.293. The Bertz CT molecular complexity index is 618. The van der Waals surface area contributed by atoms with Crippen LogP contribution in [0.2, 0.25) is 0 Å². The highest BCUT2D eigenvalue weighted by atomic mass is 127. The molecule has 5 heteroatoms. The number of para-hydroxylation sites is 1. The van der Waals surface area contributed by atoms with E-state index in [9.17, 15) is 0 Å². The highest BCUT2D eigenvalue weighted by molar-refractivity contribution is 14.1. The van der Waals surface area contributed by atoms with E-state index in [2.05, 4.69) is 62.0 Å². The molecule has 0 radical (unpaired) electrons. The smallest absolute Gasteiger partial charge is 0.231 e. The van der Waals surface area contributed by atoms with Crippen LogP contribution < -0.4 is 14.8 Å². The molecule has 1 N–H and O–H groups in total. The Morgan fingerprint density at radius 1 is 1.21 bits per heavy atom. The van der Waals surface area contributed by atoms with E-state index in [-0.39, 0.29) is 0 Å². The standard InChI is InChI=1S/C14H11BrINO2/c15-10-5-9(6-13-14(10)19-8-18-13)7-17-12-4-2-1-3-11(12)16/h1-6,17H,7-8H2. The average molecular weight is 432 g/mol. The molecule has 0 saturated heterocycles. The van der Waals surface area contributed by atoms with Gasteiger partial charge in [-0.1, -0.05) is 12.1 Å². The Morgan fingerprint density at radius 3 is 2.89 bits per heavy atom. The van der Waals surface area contributed by atoms with Crippen LogP contribution in [0.15, 0.2) is 40.9 Å². The van der Waals surface area contributed by atoms with Crippen molar-refractivity contribution in [3.63, 3.8) is 0 Å². The highest BCUT2D eigenvalue weighted by Crippen LogP contribution is 2.40. The second-order valence-corrected chi connectivity index (χ2v) is 6.16. The third-order valence-electron chi connectivity index (χ3n) is 2.84. The zero-order chi connectivity index (χ0) is 13.2. The predicted molar refractivity (Wildman–Crippen MR) is 86.8 cm³/mol. The van der Waals surface area contributed by atoms with Crippen molar-refractivity contribution in [1.82, 2.24) is 0 Å². The Kier molecular flexibility index (Phi) is 3.83. The molecule has 0 aliphatic carbocycles. The van der Waals surface area contributed by atoms with E-state index in [1.807, 2.05) is 18.2 Å². The van der Waals surface area contributed by atoms with E-state index in [1.54, 1.807) is 0 Å². The third kappa shape index (κ3) is 2.81. The molecule has 1 aliphatic heterocycles. The molecule has 0 spiro atoms. The van der Waals surface area contributed by atoms with Gasteiger partial charge in [0.2, 0.25) is 6.79 Å². The first-order valence-corrected chi connectivity index (χ1v) is 7.67. The van der Waals surface area contributed by atoms with Crippen LogP contribution in [0.25, 0.3) is 0 Å². The summed E-state index contributed by atoms with van der Waals surface area (Å²) in [4.78, 5) is 0. The van der Waals surface area contributed by atoms with E-state index < -0.39 is 0 Å². The maximum Gasteiger partial charge on any atom is 0.231 e. The van der Waals surface area contributed by atoms with Gasteiger partial charge in [0.1, 0.15) is 0 Å². The molecule has 19 heavy (non-hydrogen) atoms. The molecular weight excluding hydrogens is 421 g/mol. The van der Waals surface area contributed by atoms with Gasteiger partial charge in [-0.15, -0.1) is 0 Å². The summed E-state index contributed by atoms with van der Waals surface area (Å²) < 4.78 is 12.9. The van der Waals surface area contributed by atoms with Crippen LogP contribution in [0.5, 0.6) is 11.5 Å². The van der Waals surface area contributed by atoms with Crippen molar-refractivity contribution in [3.05, 3.63) is 50.0 Å². The lowest BCUT2D eigenvalue weighted by atomic mass is 10.2. The first kappa shape index (κ1) is 13.1. The highest BCUT2D eigenvalue weighted by Gasteiger charge is 2.17. The van der Waals surface area contributed by atoms with Crippen LogP contribution in [0.1, 0.15) is 5.56 Å². The van der Waals surface area contributed by atoms with Gasteiger partial charge in [-0.05, 0) is 68.3 Å². The summed E-state index contributed by atoms with van der Waals surface area (Å²) in [5.74, 6) is 1.59. The zero-order valence-corrected chi connectivity index (χ0v) is 13.7. The van der Waals surface area contributed by atoms with Crippen molar-refractivity contribution in [3.8, 4) is 11.5 Å². The van der Waals surface area contributed by atoms with Crippen LogP contribution in [-0.2, 0) is 6.54 Å². The first-order valence-electron chi connectivity index (χ1n) is 5.80. The largest absolute Gasteiger partial charge is 0.454 e. The molecule has 0 saturated carbocycles. The number of benzene rings is 2. The molecule has 0 fully saturated rings. The molecule has 0 unspecified atom stereocenters. The van der Waals surface area contributed by atoms with E-state index >= 15 is 0 Å². The van der Waals surface area contributed by atoms with Crippen LogP contribution >= 0.6 is 38.5 Å². The van der Waals surface area contributed by atoms with Crippen molar-refractivity contribution in [1.29, 1.82) is 0 Å². The van der Waals surface area contributed by atoms with E-state index in [0.29, 0.717) is 6.79 Å². The van der Waals surface area contributed by atoms with E-state index in [0.717, 1.165) is 33.8 Å². The number of ether oxygens (including phenoxy) is 2. The normalized spacial score (nSPS) is 12.5. The fourth-order valence-electron chi connectivity index (χ4n) is 1.92. The summed E-state index contributed by atoms with van der Waals surface area (Å²) >= 11 is 5.83. The summed E-state index contributed by atoms with van der Waals surface area (Å²) in [6.45, 7) is 1.04. The monoisotopic (exact) mass is 431 g/mol. The second-order valence-electron chi connectivity index (χ2n) is 4.14. The topological polar surface area (TPSA) is 30.5 Å². The van der Waals surface area contributed by atoms with Gasteiger partial charge in [-0.3, -0.25) is 0 Å². The fraction of sp³-hybridized carbons (Fsp3) is 0.143. The van der Waals surface area contributed by atoms with Gasteiger partial charge >= 0.3 is 0 Å². The molecule has 0 atom stereocenters. The molecule has 98 valence electrons. The van der Waals surface area contributed by atoms with Crippen LogP contribution in [-0.4, -0.2) is 6.79 Å². The van der Waals surface area contributed by atoms with Gasteiger partial charge in [0, 0.05) is 15.8 Å². The maximum atomic E-state index is 5.41. The third-order valence-corrected chi connectivity index (χ3v) is 4.37. The summed E-state index contributed by atoms with van der Waals surface area (Å²) in [5, 5.41) is 3.42. The Balaban J connectivity index is 1.78. The van der Waals surface area contributed by atoms with Crippen LogP contribution in [0.3, 0.4) is 0 Å². The Labute approximate surface area is 133 Å². The van der Waals surface area contributed by atoms with Gasteiger partial charge in [0.05, 0.1) is 4.47 Å². The SMILES string of the molecule is Brc1cc(CNc2ccccc2I)cc2c1OCO2. The minimum atomic E-state index is 0.293. The second kappa shape index (κ2) is 5.58. The molecule has 1 aliphatic rings. The zero-order valence-electron chi connectivity index (χ0n) is 9.95. The molecular formula is C14H11BrINO2. The Hall–Kier alpha value is -0.950. The number of fused-ring (bicyclic) bond motifs is 1. The van der Waals surface area contributed by atoms with Crippen LogP contribution in [0, 0.1) is 3.57 Å². The molecule has 2 aromatic rings. The number of hydrogen-bond donors (Lipinski definition) is 1. The lowest BCUT2D eigenvalue weighted by Crippen LogP contribution is -2.01. The minimum Gasteiger partial charge on any atom is -0.454 e. The summed E-state index contributed by atoms with van der Waals surface area (Å²) in [5.41, 5.74) is 2.28. The predicted octanol–water partition coefficient (Wildman–Crippen LogP) is 4.39. The average Bonchev–Trinajstić information content (AvgIpc) is 2.87. The first-order chi connectivity index (χ1) is 9.24. The molecule has 1 heterocycles. The van der Waals surface area contributed by atoms with Gasteiger partial charge in [-0.2, -0.15) is 0 Å². The number of nitrogens with one attached hydrogen (secondary N) is 1. The van der Waals surface area contributed by atoms with E-state index in [1.165, 1.54) is 3.57 Å². The van der Waals surface area contributed by atoms with Gasteiger partial charge in [0.15, 0.2) is 11.5 Å². The Morgan fingerprint density at radius 2 is 2.05 bits per heavy atom. The number of halogens is 2. The summed E-state index contributed by atoms with van der Waals surface area (Å²) in [7, 11) is 0. The van der Waals surface area contributed by atoms with Crippen molar-refractivity contribution in [2.24, 2.45) is 0 Å². The number of anilines is 1. The molecule has 3 nitrogen and oxygen atoms in total. The van der Waals surface area contributed by atoms with Gasteiger partial charge < -0.3 is 14.8 Å². The van der Waals surface area contributed by atoms with Crippen molar-refractivity contribution in [2.45, 2.75) is 6.54 Å².